The first-order valence-corrected chi connectivity index (χ1v) is 21.0. The topological polar surface area (TPSA) is 141 Å². The third-order valence-electron chi connectivity index (χ3n) is 9.63. The molecule has 7 rings (SSSR count). The van der Waals surface area contributed by atoms with Gasteiger partial charge in [0, 0.05) is 10.9 Å². The van der Waals surface area contributed by atoms with Gasteiger partial charge in [0.2, 0.25) is 0 Å². The van der Waals surface area contributed by atoms with Crippen molar-refractivity contribution in [1.82, 2.24) is 14.8 Å². The van der Waals surface area contributed by atoms with E-state index in [0.717, 1.165) is 32.6 Å². The number of anilines is 1. The molecular weight excluding hydrogens is 733 g/mol. The molecule has 3 aliphatic rings. The molecule has 4 aromatic rings. The molecule has 11 nitrogen and oxygen atoms in total. The molecule has 1 aromatic heterocycles. The molecule has 0 radical (unpaired) electrons. The molecule has 2 fully saturated rings. The minimum atomic E-state index is -0.802. The monoisotopic (exact) mass is 771 g/mol. The molecule has 4 heterocycles. The molecule has 0 aliphatic carbocycles. The van der Waals surface area contributed by atoms with E-state index in [0.29, 0.717) is 54.1 Å². The van der Waals surface area contributed by atoms with E-state index in [4.69, 9.17) is 26.8 Å². The molecule has 0 bridgehead atoms. The van der Waals surface area contributed by atoms with Crippen molar-refractivity contribution in [3.05, 3.63) is 65.9 Å². The van der Waals surface area contributed by atoms with E-state index in [-0.39, 0.29) is 50.1 Å². The van der Waals surface area contributed by atoms with E-state index in [9.17, 15) is 19.5 Å². The molecule has 0 spiro atoms. The number of aliphatic hydroxyl groups excluding tert-OH is 1. The molecular formula is C35H38ClN5O6SSe. The fraction of sp³-hybridized carbons (Fsp3) is 0.400. The Hall–Kier alpha value is -3.45. The van der Waals surface area contributed by atoms with Crippen LogP contribution in [0.1, 0.15) is 35.3 Å². The molecule has 2 saturated heterocycles. The number of aromatic nitrogens is 1. The number of benzene rings is 3. The van der Waals surface area contributed by atoms with Crippen molar-refractivity contribution in [2.45, 2.75) is 48.8 Å². The predicted molar refractivity (Wildman–Crippen MR) is 193 cm³/mol. The van der Waals surface area contributed by atoms with Crippen LogP contribution in [0.4, 0.5) is 10.5 Å². The number of carbonyl (C=O) groups excluding carboxylic acids is 3. The number of aliphatic hydroxyl groups is 1. The number of aromatic amines is 1. The van der Waals surface area contributed by atoms with Crippen LogP contribution in [0.2, 0.25) is 5.32 Å². The summed E-state index contributed by atoms with van der Waals surface area (Å²) in [7, 11) is 3.41. The van der Waals surface area contributed by atoms with Crippen LogP contribution in [0.25, 0.3) is 21.7 Å². The van der Waals surface area contributed by atoms with Crippen LogP contribution in [0.5, 0.6) is 11.5 Å². The van der Waals surface area contributed by atoms with Gasteiger partial charge in [0.1, 0.15) is 5.75 Å². The van der Waals surface area contributed by atoms with Crippen molar-refractivity contribution in [3.8, 4) is 11.5 Å². The van der Waals surface area contributed by atoms with Crippen LogP contribution >= 0.6 is 21.8 Å². The summed E-state index contributed by atoms with van der Waals surface area (Å²) in [5, 5.41) is 13.1. The number of halogens is 1. The first-order valence-electron chi connectivity index (χ1n) is 16.3. The van der Waals surface area contributed by atoms with Crippen LogP contribution < -0.4 is 20.1 Å². The first-order chi connectivity index (χ1) is 23.7. The third kappa shape index (κ3) is 6.37. The normalized spacial score (nSPS) is 21.7. The Morgan fingerprint density at radius 1 is 1.10 bits per heavy atom. The van der Waals surface area contributed by atoms with E-state index in [1.165, 1.54) is 0 Å². The minimum Gasteiger partial charge on any atom is -0.0106 e. The average molecular weight is 771 g/mol. The second kappa shape index (κ2) is 14.0. The van der Waals surface area contributed by atoms with Gasteiger partial charge in [0.15, 0.2) is 0 Å². The van der Waals surface area contributed by atoms with Crippen LogP contribution in [-0.4, -0.2) is 114 Å². The number of hydrogen-bond acceptors (Lipinski definition) is 8. The van der Waals surface area contributed by atoms with Crippen molar-refractivity contribution in [2.24, 2.45) is 5.73 Å². The van der Waals surface area contributed by atoms with Gasteiger partial charge in [-0.3, -0.25) is 0 Å². The van der Waals surface area contributed by atoms with Gasteiger partial charge in [-0.15, -0.1) is 0 Å². The number of nitrogens with one attached hydrogen (secondary N) is 1. The minimum absolute atomic E-state index is 0.117. The van der Waals surface area contributed by atoms with Crippen molar-refractivity contribution in [3.63, 3.8) is 0 Å². The fourth-order valence-electron chi connectivity index (χ4n) is 7.25. The zero-order valence-corrected chi connectivity index (χ0v) is 30.4. The summed E-state index contributed by atoms with van der Waals surface area (Å²) in [4.78, 5) is 50.0. The molecule has 258 valence electrons. The molecule has 3 aliphatic heterocycles. The van der Waals surface area contributed by atoms with E-state index < -0.39 is 18.2 Å². The molecule has 5 atom stereocenters. The van der Waals surface area contributed by atoms with Crippen molar-refractivity contribution < 1.29 is 29.0 Å². The summed E-state index contributed by atoms with van der Waals surface area (Å²) < 4.78 is 11.6. The summed E-state index contributed by atoms with van der Waals surface area (Å²) in [6, 6.07) is 15.7. The third-order valence-corrected chi connectivity index (χ3v) is 14.3. The number of hydrogen-bond donors (Lipinski definition) is 3. The number of carbonyl (C=O) groups is 3. The Balaban J connectivity index is 1.19. The van der Waals surface area contributed by atoms with Gasteiger partial charge < -0.3 is 4.74 Å². The Morgan fingerprint density at radius 3 is 2.63 bits per heavy atom. The SMILES string of the molecule is COc1ccc2[nH]c(C(=O)N3C[C@@H](CCl)c4c3cc(OC(=O)N3CCN(C(=O)[C@H](N)C[C@@H](C)O)[C@H]5CS[Se]C[C@@H]53)c3ccccc43)cc2c1. The fourth-order valence-corrected chi connectivity index (χ4v) is 12.2. The second-order valence-electron chi connectivity index (χ2n) is 12.7. The van der Waals surface area contributed by atoms with Gasteiger partial charge in [0.25, 0.3) is 0 Å². The number of methoxy groups -OCH3 is 1. The average Bonchev–Trinajstić information content (AvgIpc) is 3.71. The Labute approximate surface area is 298 Å². The van der Waals surface area contributed by atoms with Crippen LogP contribution in [0.3, 0.4) is 0 Å². The van der Waals surface area contributed by atoms with Crippen molar-refractivity contribution >= 4 is 80.9 Å². The predicted octanol–water partition coefficient (Wildman–Crippen LogP) is 4.58. The van der Waals surface area contributed by atoms with Crippen LogP contribution in [0.15, 0.2) is 54.6 Å². The zero-order chi connectivity index (χ0) is 34.4. The van der Waals surface area contributed by atoms with Gasteiger partial charge in [-0.25, -0.2) is 0 Å². The Kier molecular flexibility index (Phi) is 9.75. The number of H-pyrrole nitrogens is 1. The molecule has 0 unspecified atom stereocenters. The van der Waals surface area contributed by atoms with Gasteiger partial charge in [-0.2, -0.15) is 0 Å². The quantitative estimate of drug-likeness (QED) is 0.184. The number of ether oxygens (including phenoxy) is 2. The van der Waals surface area contributed by atoms with Crippen LogP contribution in [0, 0.1) is 0 Å². The second-order valence-corrected chi connectivity index (χ2v) is 17.5. The van der Waals surface area contributed by atoms with E-state index in [2.05, 4.69) is 4.98 Å². The van der Waals surface area contributed by atoms with Crippen LogP contribution in [-0.2, 0) is 4.79 Å². The number of nitrogens with zero attached hydrogens (tertiary/aromatic N) is 3. The summed E-state index contributed by atoms with van der Waals surface area (Å²) in [5.41, 5.74) is 9.04. The maximum atomic E-state index is 14.1. The summed E-state index contributed by atoms with van der Waals surface area (Å²) >= 11 is 6.77. The van der Waals surface area contributed by atoms with Gasteiger partial charge >= 0.3 is 253 Å². The number of amides is 3. The van der Waals surface area contributed by atoms with Gasteiger partial charge in [-0.1, -0.05) is 0 Å². The summed E-state index contributed by atoms with van der Waals surface area (Å²) in [6.45, 7) is 2.64. The zero-order valence-electron chi connectivity index (χ0n) is 27.1. The van der Waals surface area contributed by atoms with Crippen molar-refractivity contribution in [1.29, 1.82) is 0 Å². The number of rotatable bonds is 7. The van der Waals surface area contributed by atoms with E-state index in [1.54, 1.807) is 34.8 Å². The summed E-state index contributed by atoms with van der Waals surface area (Å²) in [5.74, 6) is 1.56. The molecule has 0 saturated carbocycles. The van der Waals surface area contributed by atoms with Crippen molar-refractivity contribution in [2.75, 3.05) is 43.3 Å². The number of nitrogens with two attached hydrogens (primary N) is 1. The smallest absolute Gasteiger partial charge is 0.0106 e. The molecule has 3 amide bonds. The summed E-state index contributed by atoms with van der Waals surface area (Å²) in [6.07, 6.45) is -0.993. The van der Waals surface area contributed by atoms with Gasteiger partial charge in [0.05, 0.1) is 7.11 Å². The molecule has 49 heavy (non-hydrogen) atoms. The van der Waals surface area contributed by atoms with E-state index in [1.807, 2.05) is 58.7 Å². The number of fused-ring (bicyclic) bond motifs is 5. The van der Waals surface area contributed by atoms with Gasteiger partial charge in [-0.05, 0) is 18.2 Å². The number of alkyl halides is 1. The van der Waals surface area contributed by atoms with E-state index >= 15 is 0 Å². The molecule has 3 aromatic carbocycles. The molecule has 4 N–H and O–H groups in total. The number of piperazine rings is 1. The molecule has 14 heteroatoms. The Bertz CT molecular complexity index is 1920. The maximum absolute atomic E-state index is 14.1. The Morgan fingerprint density at radius 2 is 1.88 bits per heavy atom. The standard InChI is InChI=1S/C35H38ClN5O6SSe/c1-19(42)11-25(37)33(43)39-9-10-40(30-18-49-48-17-29(30)39)35(45)47-31-14-28-32(24-6-4-3-5-23(24)31)21(15-36)16-41(28)34(44)27-13-20-12-22(46-2)7-8-26(20)38-27/h3-8,12-14,19,21,25,29-30,38,42H,9-11,15-18,37H2,1-2H3/t19-,21-,25-,29+,30+/m1/s1. The first kappa shape index (κ1) is 34.0.